The topological polar surface area (TPSA) is 108 Å². The number of aliphatic carboxylic acids is 1. The van der Waals surface area contributed by atoms with E-state index in [2.05, 4.69) is 10.5 Å². The van der Waals surface area contributed by atoms with Crippen molar-refractivity contribution in [2.24, 2.45) is 10.8 Å². The van der Waals surface area contributed by atoms with E-state index in [9.17, 15) is 9.90 Å². The average Bonchev–Trinajstić information content (AvgIpc) is 2.47. The third-order valence-corrected chi connectivity index (χ3v) is 2.97. The lowest BCUT2D eigenvalue weighted by Gasteiger charge is -2.06. The lowest BCUT2D eigenvalue weighted by Crippen LogP contribution is -2.23. The molecule has 0 amide bonds. The van der Waals surface area contributed by atoms with Crippen molar-refractivity contribution in [1.29, 1.82) is 0 Å². The highest BCUT2D eigenvalue weighted by molar-refractivity contribution is 5.97. The first-order chi connectivity index (χ1) is 10.5. The highest BCUT2D eigenvalue weighted by atomic mass is 16.4. The highest BCUT2D eigenvalue weighted by Gasteiger charge is 2.03. The minimum absolute atomic E-state index is 0.221. The molecule has 2 aromatic rings. The minimum Gasteiger partial charge on any atom is -0.508 e. The molecule has 0 saturated carbocycles. The molecule has 5 N–H and O–H groups in total. The second-order valence-corrected chi connectivity index (χ2v) is 4.77. The highest BCUT2D eigenvalue weighted by Crippen LogP contribution is 2.16. The second-order valence-electron chi connectivity index (χ2n) is 4.77. The van der Waals surface area contributed by atoms with Gasteiger partial charge in [0.2, 0.25) is 0 Å². The molecule has 0 saturated heterocycles. The zero-order valence-corrected chi connectivity index (χ0v) is 11.9. The zero-order valence-electron chi connectivity index (χ0n) is 11.9. The van der Waals surface area contributed by atoms with E-state index < -0.39 is 5.97 Å². The van der Waals surface area contributed by atoms with Crippen molar-refractivity contribution in [3.05, 3.63) is 65.2 Å². The van der Waals surface area contributed by atoms with Crippen molar-refractivity contribution < 1.29 is 15.0 Å². The molecule has 114 valence electrons. The summed E-state index contributed by atoms with van der Waals surface area (Å²) in [5, 5.41) is 21.8. The molecular formula is C16H17N3O3. The van der Waals surface area contributed by atoms with E-state index >= 15 is 0 Å². The fourth-order valence-electron chi connectivity index (χ4n) is 2.00. The van der Waals surface area contributed by atoms with E-state index in [-0.39, 0.29) is 18.1 Å². The number of phenols is 1. The summed E-state index contributed by atoms with van der Waals surface area (Å²) in [6.45, 7) is -0.288. The number of nitrogens with two attached hydrogens (primary N) is 1. The molecule has 0 aliphatic rings. The van der Waals surface area contributed by atoms with Crippen molar-refractivity contribution in [3.8, 4) is 5.75 Å². The smallest absolute Gasteiger partial charge is 0.324 e. The Labute approximate surface area is 127 Å². The monoisotopic (exact) mass is 299 g/mol. The Morgan fingerprint density at radius 3 is 2.50 bits per heavy atom. The van der Waals surface area contributed by atoms with E-state index in [1.54, 1.807) is 24.3 Å². The zero-order chi connectivity index (χ0) is 15.9. The summed E-state index contributed by atoms with van der Waals surface area (Å²) in [5.74, 6) is -0.555. The Bertz CT molecular complexity index is 699. The van der Waals surface area contributed by atoms with Crippen LogP contribution in [-0.2, 0) is 11.2 Å². The van der Waals surface area contributed by atoms with E-state index in [1.807, 2.05) is 24.3 Å². The molecule has 0 spiro atoms. The lowest BCUT2D eigenvalue weighted by molar-refractivity contribution is -0.135. The van der Waals surface area contributed by atoms with Gasteiger partial charge in [0.15, 0.2) is 5.84 Å². The van der Waals surface area contributed by atoms with Gasteiger partial charge in [-0.1, -0.05) is 30.3 Å². The van der Waals surface area contributed by atoms with Crippen molar-refractivity contribution in [2.75, 3.05) is 6.54 Å². The van der Waals surface area contributed by atoms with Crippen LogP contribution in [-0.4, -0.2) is 28.6 Å². The van der Waals surface area contributed by atoms with Crippen molar-refractivity contribution in [1.82, 2.24) is 5.43 Å². The third-order valence-electron chi connectivity index (χ3n) is 2.97. The van der Waals surface area contributed by atoms with Gasteiger partial charge in [0.1, 0.15) is 12.3 Å². The summed E-state index contributed by atoms with van der Waals surface area (Å²) < 4.78 is 0. The molecule has 0 aliphatic carbocycles. The van der Waals surface area contributed by atoms with Crippen LogP contribution in [0, 0.1) is 0 Å². The second kappa shape index (κ2) is 7.12. The van der Waals surface area contributed by atoms with Gasteiger partial charge >= 0.3 is 5.97 Å². The Kier molecular flexibility index (Phi) is 4.98. The van der Waals surface area contributed by atoms with Gasteiger partial charge < -0.3 is 15.9 Å². The predicted molar refractivity (Wildman–Crippen MR) is 83.7 cm³/mol. The van der Waals surface area contributed by atoms with E-state index in [4.69, 9.17) is 10.8 Å². The fraction of sp³-hybridized carbons (Fsp3) is 0.125. The van der Waals surface area contributed by atoms with Crippen molar-refractivity contribution in [3.63, 3.8) is 0 Å². The molecule has 2 aromatic carbocycles. The fourth-order valence-corrected chi connectivity index (χ4v) is 2.00. The molecule has 0 fully saturated rings. The average molecular weight is 299 g/mol. The first kappa shape index (κ1) is 15.4. The van der Waals surface area contributed by atoms with Crippen LogP contribution in [0.15, 0.2) is 53.6 Å². The van der Waals surface area contributed by atoms with E-state index in [0.29, 0.717) is 12.0 Å². The van der Waals surface area contributed by atoms with Crippen LogP contribution < -0.4 is 11.2 Å². The van der Waals surface area contributed by atoms with Gasteiger partial charge in [-0.25, -0.2) is 0 Å². The van der Waals surface area contributed by atoms with Crippen LogP contribution in [0.2, 0.25) is 0 Å². The standard InChI is InChI=1S/C16H17N3O3/c17-16(19-18-10-15(21)22)13-5-1-3-11(8-13)7-12-4-2-6-14(20)9-12/h1-6,8-9,18,20H,7,10H2,(H2,17,19)(H,21,22). The number of amidine groups is 1. The van der Waals surface area contributed by atoms with Gasteiger partial charge in [0.25, 0.3) is 0 Å². The quantitative estimate of drug-likeness (QED) is 0.365. The number of hydrazone groups is 1. The summed E-state index contributed by atoms with van der Waals surface area (Å²) in [7, 11) is 0. The van der Waals surface area contributed by atoms with Crippen LogP contribution in [0.3, 0.4) is 0 Å². The number of carboxylic acid groups (broad SMARTS) is 1. The first-order valence-electron chi connectivity index (χ1n) is 6.69. The molecule has 6 heteroatoms. The molecule has 6 nitrogen and oxygen atoms in total. The molecule has 0 atom stereocenters. The molecular weight excluding hydrogens is 282 g/mol. The molecule has 22 heavy (non-hydrogen) atoms. The lowest BCUT2D eigenvalue weighted by atomic mass is 10.0. The van der Waals surface area contributed by atoms with Crippen molar-refractivity contribution in [2.45, 2.75) is 6.42 Å². The first-order valence-corrected chi connectivity index (χ1v) is 6.69. The van der Waals surface area contributed by atoms with Crippen molar-refractivity contribution >= 4 is 11.8 Å². The molecule has 2 rings (SSSR count). The number of nitrogens with zero attached hydrogens (tertiary/aromatic N) is 1. The molecule has 0 bridgehead atoms. The summed E-state index contributed by atoms with van der Waals surface area (Å²) >= 11 is 0. The largest absolute Gasteiger partial charge is 0.508 e. The number of benzene rings is 2. The Morgan fingerprint density at radius 1 is 1.14 bits per heavy atom. The van der Waals surface area contributed by atoms with Gasteiger partial charge in [0.05, 0.1) is 0 Å². The summed E-state index contributed by atoms with van der Waals surface area (Å²) in [4.78, 5) is 10.4. The van der Waals surface area contributed by atoms with Gasteiger partial charge in [-0.05, 0) is 35.7 Å². The maximum atomic E-state index is 10.4. The molecule has 0 aliphatic heterocycles. The Morgan fingerprint density at radius 2 is 1.82 bits per heavy atom. The SMILES string of the molecule is N/C(=N\NCC(=O)O)c1cccc(Cc2cccc(O)c2)c1. The number of hydrogen-bond acceptors (Lipinski definition) is 4. The Balaban J connectivity index is 2.11. The van der Waals surface area contributed by atoms with Crippen LogP contribution >= 0.6 is 0 Å². The number of rotatable bonds is 6. The van der Waals surface area contributed by atoms with Gasteiger partial charge in [-0.15, -0.1) is 0 Å². The number of nitrogens with one attached hydrogen (secondary N) is 1. The summed E-state index contributed by atoms with van der Waals surface area (Å²) in [6, 6.07) is 14.5. The number of phenolic OH excluding ortho intramolecular Hbond substituents is 1. The number of hydrogen-bond donors (Lipinski definition) is 4. The minimum atomic E-state index is -1.01. The van der Waals surface area contributed by atoms with Gasteiger partial charge in [-0.2, -0.15) is 5.10 Å². The Hall–Kier alpha value is -3.02. The summed E-state index contributed by atoms with van der Waals surface area (Å²) in [5.41, 5.74) is 10.9. The third kappa shape index (κ3) is 4.52. The normalized spacial score (nSPS) is 11.2. The van der Waals surface area contributed by atoms with E-state index in [0.717, 1.165) is 11.1 Å². The molecule has 0 radical (unpaired) electrons. The molecule has 0 heterocycles. The van der Waals surface area contributed by atoms with Gasteiger partial charge in [-0.3, -0.25) is 10.2 Å². The summed E-state index contributed by atoms with van der Waals surface area (Å²) in [6.07, 6.45) is 0.651. The predicted octanol–water partition coefficient (Wildman–Crippen LogP) is 1.28. The van der Waals surface area contributed by atoms with Crippen LogP contribution in [0.4, 0.5) is 0 Å². The maximum absolute atomic E-state index is 10.4. The van der Waals surface area contributed by atoms with Crippen LogP contribution in [0.5, 0.6) is 5.75 Å². The van der Waals surface area contributed by atoms with Crippen LogP contribution in [0.1, 0.15) is 16.7 Å². The maximum Gasteiger partial charge on any atom is 0.324 e. The van der Waals surface area contributed by atoms with Gasteiger partial charge in [0, 0.05) is 5.56 Å². The van der Waals surface area contributed by atoms with Crippen LogP contribution in [0.25, 0.3) is 0 Å². The van der Waals surface area contributed by atoms with E-state index in [1.165, 1.54) is 0 Å². The number of carboxylic acids is 1. The number of carbonyl (C=O) groups is 1. The molecule has 0 unspecified atom stereocenters. The molecule has 0 aromatic heterocycles. The number of aromatic hydroxyl groups is 1.